The van der Waals surface area contributed by atoms with Crippen molar-refractivity contribution in [1.82, 2.24) is 30.8 Å². The highest BCUT2D eigenvalue weighted by molar-refractivity contribution is 6.67. The molecule has 8 N–H and O–H groups in total. The van der Waals surface area contributed by atoms with Crippen LogP contribution in [0.4, 0.5) is 0 Å². The smallest absolute Gasteiger partial charge is 0.306 e. The zero-order valence-corrected chi connectivity index (χ0v) is 40.0. The molecule has 0 aliphatic carbocycles. The highest BCUT2D eigenvalue weighted by atomic mass is 35.5. The predicted molar refractivity (Wildman–Crippen MR) is 259 cm³/mol. The maximum atomic E-state index is 11.6. The van der Waals surface area contributed by atoms with E-state index in [-0.39, 0.29) is 43.0 Å². The van der Waals surface area contributed by atoms with Crippen LogP contribution in [-0.4, -0.2) is 110 Å². The molecule has 4 heterocycles. The third-order valence-corrected chi connectivity index (χ3v) is 8.95. The largest absolute Gasteiger partial charge is 0.481 e. The maximum absolute atomic E-state index is 11.6. The van der Waals surface area contributed by atoms with E-state index in [1.165, 1.54) is 12.4 Å². The Morgan fingerprint density at radius 1 is 0.686 bits per heavy atom. The molecule has 21 heteroatoms. The number of nitrogens with one attached hydrogen (secondary N) is 3. The number of carboxylic acid groups (broad SMARTS) is 3. The van der Waals surface area contributed by atoms with Crippen LogP contribution in [0.3, 0.4) is 0 Å². The van der Waals surface area contributed by atoms with E-state index in [1.54, 1.807) is 65.8 Å². The lowest BCUT2D eigenvalue weighted by Crippen LogP contribution is -2.31. The Labute approximate surface area is 411 Å². The molecule has 0 atom stereocenters. The summed E-state index contributed by atoms with van der Waals surface area (Å²) in [5, 5.41) is 32.7. The zero-order chi connectivity index (χ0) is 51.9. The lowest BCUT2D eigenvalue weighted by atomic mass is 10.1. The van der Waals surface area contributed by atoms with Crippen molar-refractivity contribution in [2.75, 3.05) is 33.2 Å². The summed E-state index contributed by atoms with van der Waals surface area (Å²) in [5.74, 6) is -3.25. The van der Waals surface area contributed by atoms with Crippen molar-refractivity contribution in [2.24, 2.45) is 12.8 Å². The Bertz CT molecular complexity index is 2290. The van der Waals surface area contributed by atoms with Gasteiger partial charge in [0.25, 0.3) is 17.1 Å². The second-order valence-corrected chi connectivity index (χ2v) is 15.1. The fourth-order valence-corrected chi connectivity index (χ4v) is 5.35. The van der Waals surface area contributed by atoms with E-state index in [2.05, 4.69) is 25.9 Å². The molecule has 0 saturated carbocycles. The number of hydrogen-bond donors (Lipinski definition) is 7. The second-order valence-electron chi connectivity index (χ2n) is 14.7. The average Bonchev–Trinajstić information content (AvgIpc) is 3.35. The van der Waals surface area contributed by atoms with Crippen LogP contribution in [0.2, 0.25) is 0 Å². The summed E-state index contributed by atoms with van der Waals surface area (Å²) in [4.78, 5) is 96.0. The van der Waals surface area contributed by atoms with Gasteiger partial charge in [-0.05, 0) is 92.3 Å². The quantitative estimate of drug-likeness (QED) is 0.0263. The van der Waals surface area contributed by atoms with E-state index >= 15 is 0 Å². The van der Waals surface area contributed by atoms with Gasteiger partial charge in [-0.2, -0.15) is 0 Å². The summed E-state index contributed by atoms with van der Waals surface area (Å²) in [5.41, 5.74) is 8.46. The number of benzene rings is 1. The van der Waals surface area contributed by atoms with E-state index in [9.17, 15) is 38.4 Å². The number of nitrogens with zero attached hydrogens (tertiary/aromatic N) is 4. The summed E-state index contributed by atoms with van der Waals surface area (Å²) in [6, 6.07) is 19.7. The molecule has 1 aliphatic rings. The van der Waals surface area contributed by atoms with Crippen LogP contribution in [-0.2, 0) is 42.4 Å². The van der Waals surface area contributed by atoms with E-state index in [1.807, 2.05) is 67.8 Å². The highest BCUT2D eigenvalue weighted by Gasteiger charge is 2.12. The Hall–Kier alpha value is -7.84. The topological polar surface area (TPSA) is 301 Å². The molecule has 0 spiro atoms. The molecule has 3 amide bonds. The molecule has 4 aromatic rings. The number of carboxylic acids is 3. The van der Waals surface area contributed by atoms with Gasteiger partial charge in [-0.15, -0.1) is 0 Å². The first-order chi connectivity index (χ1) is 33.5. The van der Waals surface area contributed by atoms with Crippen LogP contribution >= 0.6 is 11.6 Å². The lowest BCUT2D eigenvalue weighted by molar-refractivity contribution is -0.671. The minimum Gasteiger partial charge on any atom is -0.481 e. The van der Waals surface area contributed by atoms with Crippen LogP contribution in [0, 0.1) is 0 Å². The highest BCUT2D eigenvalue weighted by Crippen LogP contribution is 2.10. The average molecular weight is 991 g/mol. The first-order valence-electron chi connectivity index (χ1n) is 22.0. The van der Waals surface area contributed by atoms with Gasteiger partial charge in [0.2, 0.25) is 5.91 Å². The molecule has 20 nitrogen and oxygen atoms in total. The number of amides is 3. The van der Waals surface area contributed by atoms with E-state index in [4.69, 9.17) is 37.4 Å². The van der Waals surface area contributed by atoms with Crippen molar-refractivity contribution in [3.63, 3.8) is 0 Å². The van der Waals surface area contributed by atoms with Crippen LogP contribution in [0.1, 0.15) is 94.4 Å². The molecule has 0 saturated heterocycles. The number of hydrogen-bond acceptors (Lipinski definition) is 13. The molecule has 5 rings (SSSR count). The Balaban J connectivity index is 0.000000442. The van der Waals surface area contributed by atoms with E-state index in [0.717, 1.165) is 5.56 Å². The standard InChI is InChI=1S/C11H16N2O3.C11H14N2O3.C11H15NO2.C10H12N2O3.C6H4ClNO/c2*1-13-7-3-4-9(8-13)11(16)12-6-2-5-10(14)15;12-8-4-7-11(13)14-9-10-5-2-1-3-6-10;13-9(14)4-2-6-12-10(15)8-3-1-5-11-7-8;7-6(9)5-2-1-3-8-4-5/h3,7-8H,2,4-6H2,1H3,(H,12,16)(H,14,15);3-4,7-8H,2,5-6H2,1H3,(H-,12,14,15,16);1-3,5-6H,4,7-9,12H2;1,3,5,7H,2,4,6H2,(H,12,15)(H,13,14);1-4H/p+1. The molecule has 1 aromatic carbocycles. The summed E-state index contributed by atoms with van der Waals surface area (Å²) in [6.45, 7) is 2.02. The van der Waals surface area contributed by atoms with E-state index in [0.29, 0.717) is 93.6 Å². The van der Waals surface area contributed by atoms with Crippen LogP contribution < -0.4 is 26.3 Å². The van der Waals surface area contributed by atoms with Crippen molar-refractivity contribution in [3.05, 3.63) is 150 Å². The molecule has 0 unspecified atom stereocenters. The molecule has 0 bridgehead atoms. The third-order valence-electron chi connectivity index (χ3n) is 8.73. The number of carbonyl (C=O) groups is 8. The van der Waals surface area contributed by atoms with Gasteiger partial charge in [-0.3, -0.25) is 48.3 Å². The number of pyridine rings is 3. The van der Waals surface area contributed by atoms with Gasteiger partial charge in [0.15, 0.2) is 12.4 Å². The number of rotatable bonds is 21. The van der Waals surface area contributed by atoms with Gasteiger partial charge in [0.1, 0.15) is 19.2 Å². The summed E-state index contributed by atoms with van der Waals surface area (Å²) in [6.07, 6.45) is 18.4. The van der Waals surface area contributed by atoms with Crippen LogP contribution in [0.25, 0.3) is 0 Å². The maximum Gasteiger partial charge on any atom is 0.306 e. The normalized spacial score (nSPS) is 10.7. The predicted octanol–water partition coefficient (Wildman–Crippen LogP) is 4.41. The first-order valence-corrected chi connectivity index (χ1v) is 22.3. The number of halogens is 1. The third kappa shape index (κ3) is 31.2. The molecule has 0 fully saturated rings. The molecular weight excluding hydrogens is 928 g/mol. The Kier molecular flexibility index (Phi) is 32.0. The van der Waals surface area contributed by atoms with Crippen molar-refractivity contribution in [1.29, 1.82) is 0 Å². The van der Waals surface area contributed by atoms with Gasteiger partial charge < -0.3 is 46.6 Å². The molecule has 70 heavy (non-hydrogen) atoms. The summed E-state index contributed by atoms with van der Waals surface area (Å²) in [7, 11) is 3.69. The fourth-order valence-electron chi connectivity index (χ4n) is 5.24. The minimum absolute atomic E-state index is 0.0628. The molecule has 1 aliphatic heterocycles. The SMILES string of the molecule is CN1C=CCC(C(=O)NCCCC(=O)O)=C1.C[n+]1cccc(C(=O)NCCCC(=O)O)c1.NCCCC(=O)OCc1ccccc1.O=C(Cl)c1cccnc1.O=C(O)CCCNC(=O)c1cccnc1. The molecular formula is C49H62ClN8O12+. The van der Waals surface area contributed by atoms with Gasteiger partial charge in [-0.1, -0.05) is 36.4 Å². The lowest BCUT2D eigenvalue weighted by Gasteiger charge is -2.16. The Morgan fingerprint density at radius 2 is 1.20 bits per heavy atom. The number of esters is 1. The number of aromatic nitrogens is 3. The molecule has 0 radical (unpaired) electrons. The van der Waals surface area contributed by atoms with Crippen molar-refractivity contribution in [2.45, 2.75) is 64.4 Å². The Morgan fingerprint density at radius 3 is 1.66 bits per heavy atom. The minimum atomic E-state index is -0.856. The number of ether oxygens (including phenoxy) is 1. The second kappa shape index (κ2) is 37.2. The number of aliphatic carboxylic acids is 3. The number of aryl methyl sites for hydroxylation is 1. The monoisotopic (exact) mass is 989 g/mol. The van der Waals surface area contributed by atoms with Crippen LogP contribution in [0.15, 0.2) is 128 Å². The van der Waals surface area contributed by atoms with Crippen LogP contribution in [0.5, 0.6) is 0 Å². The molecule has 3 aromatic heterocycles. The van der Waals surface area contributed by atoms with Gasteiger partial charge in [0, 0.05) is 95.0 Å². The number of nitrogens with two attached hydrogens (primary N) is 1. The van der Waals surface area contributed by atoms with Gasteiger partial charge in [0.05, 0.1) is 11.1 Å². The van der Waals surface area contributed by atoms with Crippen molar-refractivity contribution < 1.29 is 63.0 Å². The number of allylic oxidation sites excluding steroid dienone is 1. The van der Waals surface area contributed by atoms with E-state index < -0.39 is 23.2 Å². The van der Waals surface area contributed by atoms with Gasteiger partial charge in [-0.25, -0.2) is 4.57 Å². The van der Waals surface area contributed by atoms with Crippen molar-refractivity contribution in [3.8, 4) is 0 Å². The number of carbonyl (C=O) groups excluding carboxylic acids is 5. The summed E-state index contributed by atoms with van der Waals surface area (Å²) >= 11 is 5.12. The molecule has 376 valence electrons. The first kappa shape index (κ1) is 60.2. The summed E-state index contributed by atoms with van der Waals surface area (Å²) < 4.78 is 6.82. The van der Waals surface area contributed by atoms with Crippen molar-refractivity contribution >= 4 is 58.4 Å². The zero-order valence-electron chi connectivity index (χ0n) is 39.2. The fraction of sp³-hybridized carbons (Fsp3) is 0.327. The van der Waals surface area contributed by atoms with Gasteiger partial charge >= 0.3 is 23.9 Å².